The van der Waals surface area contributed by atoms with Gasteiger partial charge in [0.05, 0.1) is 4.88 Å². The van der Waals surface area contributed by atoms with Crippen molar-refractivity contribution in [3.63, 3.8) is 0 Å². The molecule has 3 aromatic rings. The minimum absolute atomic E-state index is 0.316. The first-order valence-corrected chi connectivity index (χ1v) is 6.88. The standard InChI is InChI=1S/C12H5BrN4OS/c13-8-4-10(19-6-8)11-16-12(18-17-11)7-1-2-15-9(3-7)5-14/h1-4,6H. The van der Waals surface area contributed by atoms with Crippen molar-refractivity contribution in [3.05, 3.63) is 39.9 Å². The van der Waals surface area contributed by atoms with E-state index in [1.54, 1.807) is 18.3 Å². The van der Waals surface area contributed by atoms with Crippen molar-refractivity contribution in [1.29, 1.82) is 5.26 Å². The Bertz CT molecular complexity index is 774. The summed E-state index contributed by atoms with van der Waals surface area (Å²) in [4.78, 5) is 9.12. The average molecular weight is 333 g/mol. The van der Waals surface area contributed by atoms with Crippen LogP contribution in [0.15, 0.2) is 38.8 Å². The Morgan fingerprint density at radius 3 is 3.00 bits per heavy atom. The molecule has 0 aliphatic carbocycles. The Labute approximate surface area is 120 Å². The van der Waals surface area contributed by atoms with Crippen molar-refractivity contribution in [1.82, 2.24) is 15.1 Å². The highest BCUT2D eigenvalue weighted by molar-refractivity contribution is 9.10. The van der Waals surface area contributed by atoms with Crippen LogP contribution in [0.2, 0.25) is 0 Å². The summed E-state index contributed by atoms with van der Waals surface area (Å²) < 4.78 is 6.19. The van der Waals surface area contributed by atoms with Crippen LogP contribution < -0.4 is 0 Å². The molecule has 0 aliphatic rings. The van der Waals surface area contributed by atoms with Gasteiger partial charge in [0.25, 0.3) is 5.89 Å². The molecule has 7 heteroatoms. The largest absolute Gasteiger partial charge is 0.334 e. The molecule has 19 heavy (non-hydrogen) atoms. The minimum Gasteiger partial charge on any atom is -0.334 e. The lowest BCUT2D eigenvalue weighted by Crippen LogP contribution is -1.84. The lowest BCUT2D eigenvalue weighted by atomic mass is 10.2. The van der Waals surface area contributed by atoms with E-state index in [1.165, 1.54) is 11.3 Å². The molecule has 3 heterocycles. The molecule has 0 N–H and O–H groups in total. The first-order valence-electron chi connectivity index (χ1n) is 5.21. The summed E-state index contributed by atoms with van der Waals surface area (Å²) in [6, 6.07) is 7.23. The highest BCUT2D eigenvalue weighted by atomic mass is 79.9. The molecular formula is C12H5BrN4OS. The summed E-state index contributed by atoms with van der Waals surface area (Å²) in [6.07, 6.45) is 1.54. The van der Waals surface area contributed by atoms with Gasteiger partial charge in [-0.25, -0.2) is 4.98 Å². The molecule has 0 saturated carbocycles. The van der Waals surface area contributed by atoms with E-state index in [9.17, 15) is 0 Å². The molecule has 0 saturated heterocycles. The number of nitriles is 1. The molecule has 0 bridgehead atoms. The summed E-state index contributed by atoms with van der Waals surface area (Å²) in [6.45, 7) is 0. The molecule has 0 atom stereocenters. The molecule has 0 spiro atoms. The van der Waals surface area contributed by atoms with Crippen molar-refractivity contribution >= 4 is 27.3 Å². The maximum Gasteiger partial charge on any atom is 0.258 e. The maximum atomic E-state index is 8.81. The van der Waals surface area contributed by atoms with Gasteiger partial charge >= 0.3 is 0 Å². The van der Waals surface area contributed by atoms with Crippen molar-refractivity contribution in [2.75, 3.05) is 0 Å². The fourth-order valence-electron chi connectivity index (χ4n) is 1.50. The van der Waals surface area contributed by atoms with Crippen LogP contribution >= 0.6 is 27.3 Å². The predicted octanol–water partition coefficient (Wildman–Crippen LogP) is 3.49. The number of aromatic nitrogens is 3. The van der Waals surface area contributed by atoms with Gasteiger partial charge in [0.1, 0.15) is 11.8 Å². The third kappa shape index (κ3) is 2.41. The lowest BCUT2D eigenvalue weighted by molar-refractivity contribution is 0.432. The molecule has 5 nitrogen and oxygen atoms in total. The Morgan fingerprint density at radius 1 is 1.37 bits per heavy atom. The van der Waals surface area contributed by atoms with E-state index in [0.29, 0.717) is 23.0 Å². The number of rotatable bonds is 2. The van der Waals surface area contributed by atoms with Gasteiger partial charge < -0.3 is 4.52 Å². The van der Waals surface area contributed by atoms with Gasteiger partial charge in [-0.05, 0) is 34.1 Å². The molecule has 0 fully saturated rings. The van der Waals surface area contributed by atoms with E-state index < -0.39 is 0 Å². The van der Waals surface area contributed by atoms with Crippen molar-refractivity contribution in [3.8, 4) is 28.2 Å². The van der Waals surface area contributed by atoms with Gasteiger partial charge in [-0.3, -0.25) is 0 Å². The van der Waals surface area contributed by atoms with Crippen LogP contribution in [-0.2, 0) is 0 Å². The maximum absolute atomic E-state index is 8.81. The minimum atomic E-state index is 0.316. The van der Waals surface area contributed by atoms with Crippen LogP contribution in [-0.4, -0.2) is 15.1 Å². The van der Waals surface area contributed by atoms with Crippen LogP contribution in [0, 0.1) is 11.3 Å². The summed E-state index contributed by atoms with van der Waals surface area (Å²) >= 11 is 4.90. The topological polar surface area (TPSA) is 75.6 Å². The molecule has 0 unspecified atom stereocenters. The number of thiophene rings is 1. The molecule has 3 aromatic heterocycles. The van der Waals surface area contributed by atoms with E-state index in [1.807, 2.05) is 17.5 Å². The normalized spacial score (nSPS) is 10.3. The smallest absolute Gasteiger partial charge is 0.258 e. The number of nitrogens with zero attached hydrogens (tertiary/aromatic N) is 4. The number of halogens is 1. The van der Waals surface area contributed by atoms with Crippen LogP contribution in [0.25, 0.3) is 22.2 Å². The highest BCUT2D eigenvalue weighted by Crippen LogP contribution is 2.29. The Kier molecular flexibility index (Phi) is 3.11. The molecule has 3 rings (SSSR count). The zero-order chi connectivity index (χ0) is 13.2. The zero-order valence-electron chi connectivity index (χ0n) is 9.37. The lowest BCUT2D eigenvalue weighted by Gasteiger charge is -1.92. The number of hydrogen-bond acceptors (Lipinski definition) is 6. The Balaban J connectivity index is 1.99. The SMILES string of the molecule is N#Cc1cc(-c2nc(-c3cc(Br)cs3)no2)ccn1. The van der Waals surface area contributed by atoms with Gasteiger partial charge in [-0.2, -0.15) is 10.2 Å². The van der Waals surface area contributed by atoms with E-state index in [0.717, 1.165) is 9.35 Å². The third-order valence-electron chi connectivity index (χ3n) is 2.34. The monoisotopic (exact) mass is 332 g/mol. The van der Waals surface area contributed by atoms with Crippen LogP contribution in [0.5, 0.6) is 0 Å². The number of pyridine rings is 1. The van der Waals surface area contributed by atoms with Crippen molar-refractivity contribution in [2.45, 2.75) is 0 Å². The van der Waals surface area contributed by atoms with Gasteiger partial charge in [-0.1, -0.05) is 5.16 Å². The van der Waals surface area contributed by atoms with Gasteiger partial charge in [-0.15, -0.1) is 11.3 Å². The van der Waals surface area contributed by atoms with Crippen molar-refractivity contribution in [2.24, 2.45) is 0 Å². The predicted molar refractivity (Wildman–Crippen MR) is 73.3 cm³/mol. The van der Waals surface area contributed by atoms with Crippen molar-refractivity contribution < 1.29 is 4.52 Å². The highest BCUT2D eigenvalue weighted by Gasteiger charge is 2.12. The summed E-state index contributed by atoms with van der Waals surface area (Å²) in [5.41, 5.74) is 0.997. The third-order valence-corrected chi connectivity index (χ3v) is 4.02. The summed E-state index contributed by atoms with van der Waals surface area (Å²) in [5, 5.41) is 14.7. The fraction of sp³-hybridized carbons (Fsp3) is 0. The van der Waals surface area contributed by atoms with E-state index >= 15 is 0 Å². The summed E-state index contributed by atoms with van der Waals surface area (Å²) in [7, 11) is 0. The molecule has 0 aromatic carbocycles. The fourth-order valence-corrected chi connectivity index (χ4v) is 2.85. The van der Waals surface area contributed by atoms with E-state index in [-0.39, 0.29) is 0 Å². The number of hydrogen-bond donors (Lipinski definition) is 0. The van der Waals surface area contributed by atoms with Gasteiger partial charge in [0.2, 0.25) is 5.82 Å². The molecule has 0 amide bonds. The van der Waals surface area contributed by atoms with Crippen LogP contribution in [0.3, 0.4) is 0 Å². The van der Waals surface area contributed by atoms with E-state index in [4.69, 9.17) is 9.78 Å². The second-order valence-corrected chi connectivity index (χ2v) is 5.42. The molecular weight excluding hydrogens is 328 g/mol. The first-order chi connectivity index (χ1) is 9.26. The summed E-state index contributed by atoms with van der Waals surface area (Å²) in [5.74, 6) is 0.902. The van der Waals surface area contributed by atoms with E-state index in [2.05, 4.69) is 31.1 Å². The second-order valence-electron chi connectivity index (χ2n) is 3.59. The molecule has 0 aliphatic heterocycles. The zero-order valence-corrected chi connectivity index (χ0v) is 11.8. The Morgan fingerprint density at radius 2 is 2.26 bits per heavy atom. The molecule has 0 radical (unpaired) electrons. The first kappa shape index (κ1) is 12.0. The van der Waals surface area contributed by atoms with Gasteiger partial charge in [0.15, 0.2) is 0 Å². The Hall–Kier alpha value is -2.04. The molecule has 92 valence electrons. The van der Waals surface area contributed by atoms with Gasteiger partial charge in [0, 0.05) is 21.6 Å². The average Bonchev–Trinajstić information content (AvgIpc) is 3.07. The quantitative estimate of drug-likeness (QED) is 0.717. The second kappa shape index (κ2) is 4.91. The van der Waals surface area contributed by atoms with Crippen LogP contribution in [0.1, 0.15) is 5.69 Å². The van der Waals surface area contributed by atoms with Crippen LogP contribution in [0.4, 0.5) is 0 Å².